The highest BCUT2D eigenvalue weighted by Gasteiger charge is 1.90. The quantitative estimate of drug-likeness (QED) is 0.363. The highest BCUT2D eigenvalue weighted by molar-refractivity contribution is 5.59. The van der Waals surface area contributed by atoms with E-state index in [0.29, 0.717) is 0 Å². The third-order valence-corrected chi connectivity index (χ3v) is 4.30. The molecule has 4 aromatic rings. The van der Waals surface area contributed by atoms with Crippen molar-refractivity contribution in [3.05, 3.63) is 91.3 Å². The van der Waals surface area contributed by atoms with Gasteiger partial charge in [-0.15, -0.1) is 0 Å². The van der Waals surface area contributed by atoms with E-state index in [9.17, 15) is 0 Å². The van der Waals surface area contributed by atoms with Gasteiger partial charge in [-0.25, -0.2) is 0 Å². The standard InChI is InChI=1S/C20H16N4/c1-2-14-6-10-19(22-14)20-12-8-16(24-20)4-3-15-7-11-18(23-15)17-9-5-13(1)21-17/h1-12,21-24H. The van der Waals surface area contributed by atoms with Gasteiger partial charge in [-0.3, -0.25) is 0 Å². The molecule has 0 aromatic carbocycles. The molecule has 0 saturated heterocycles. The second-order valence-electron chi connectivity index (χ2n) is 5.98. The zero-order chi connectivity index (χ0) is 15.9. The minimum Gasteiger partial charge on any atom is -0.354 e. The maximum Gasteiger partial charge on any atom is 0.0624 e. The third kappa shape index (κ3) is 2.25. The van der Waals surface area contributed by atoms with E-state index in [1.807, 2.05) is 0 Å². The van der Waals surface area contributed by atoms with Gasteiger partial charge in [0.25, 0.3) is 0 Å². The first-order valence-electron chi connectivity index (χ1n) is 7.96. The summed E-state index contributed by atoms with van der Waals surface area (Å²) in [6.07, 6.45) is 8.31. The molecule has 0 fully saturated rings. The Bertz CT molecular complexity index is 1230. The van der Waals surface area contributed by atoms with Gasteiger partial charge in [-0.05, 0) is 72.8 Å². The lowest BCUT2D eigenvalue weighted by molar-refractivity contribution is 1.17. The van der Waals surface area contributed by atoms with Gasteiger partial charge < -0.3 is 19.9 Å². The van der Waals surface area contributed by atoms with E-state index < -0.39 is 0 Å². The monoisotopic (exact) mass is 312 g/mol. The Morgan fingerprint density at radius 3 is 0.833 bits per heavy atom. The Kier molecular flexibility index (Phi) is 2.76. The average Bonchev–Trinajstić information content (AvgIpc) is 3.37. The maximum absolute atomic E-state index is 3.43. The fraction of sp³-hybridized carbons (Fsp3) is 0. The van der Waals surface area contributed by atoms with Gasteiger partial charge in [-0.1, -0.05) is 0 Å². The number of hydrogen-bond donors (Lipinski definition) is 4. The highest BCUT2D eigenvalue weighted by atomic mass is 14.7. The Hall–Kier alpha value is -3.40. The molecule has 0 spiro atoms. The molecule has 116 valence electrons. The van der Waals surface area contributed by atoms with E-state index in [1.165, 1.54) is 0 Å². The van der Waals surface area contributed by atoms with E-state index in [4.69, 9.17) is 0 Å². The second kappa shape index (κ2) is 5.06. The lowest BCUT2D eigenvalue weighted by Crippen LogP contribution is -2.04. The number of rotatable bonds is 0. The highest BCUT2D eigenvalue weighted by Crippen LogP contribution is 1.89. The van der Waals surface area contributed by atoms with Crippen molar-refractivity contribution in [1.82, 2.24) is 19.9 Å². The van der Waals surface area contributed by atoms with E-state index in [1.54, 1.807) is 0 Å². The molecular formula is C20H16N4. The first-order chi connectivity index (χ1) is 11.8. The van der Waals surface area contributed by atoms with Crippen molar-refractivity contribution in [3.63, 3.8) is 0 Å². The van der Waals surface area contributed by atoms with Crippen LogP contribution < -0.4 is 21.4 Å². The number of aromatic amines is 4. The summed E-state index contributed by atoms with van der Waals surface area (Å²) >= 11 is 0. The largest absolute Gasteiger partial charge is 0.354 e. The normalized spacial score (nSPS) is 12.7. The summed E-state index contributed by atoms with van der Waals surface area (Å²) < 4.78 is 0. The fourth-order valence-electron chi connectivity index (χ4n) is 3.02. The average molecular weight is 312 g/mol. The van der Waals surface area contributed by atoms with Crippen molar-refractivity contribution in [1.29, 1.82) is 0 Å². The predicted molar refractivity (Wildman–Crippen MR) is 94.9 cm³/mol. The molecule has 1 aliphatic rings. The second-order valence-corrected chi connectivity index (χ2v) is 5.98. The molecule has 0 amide bonds. The van der Waals surface area contributed by atoms with Crippen molar-refractivity contribution < 1.29 is 0 Å². The summed E-state index contributed by atoms with van der Waals surface area (Å²) in [7, 11) is 0. The molecule has 4 aromatic heterocycles. The molecule has 4 N–H and O–H groups in total. The van der Waals surface area contributed by atoms with Gasteiger partial charge in [0.05, 0.1) is 21.4 Å². The van der Waals surface area contributed by atoms with Crippen molar-refractivity contribution in [3.8, 4) is 0 Å². The van der Waals surface area contributed by atoms with Gasteiger partial charge in [-0.2, -0.15) is 0 Å². The molecule has 8 bridgehead atoms. The molecule has 0 aliphatic carbocycles. The van der Waals surface area contributed by atoms with Gasteiger partial charge in [0, 0.05) is 21.4 Å². The van der Waals surface area contributed by atoms with Gasteiger partial charge in [0.15, 0.2) is 0 Å². The Labute approximate surface area is 136 Å². The van der Waals surface area contributed by atoms with Crippen LogP contribution in [0.5, 0.6) is 0 Å². The minimum absolute atomic E-state index is 1.07. The molecule has 1 aliphatic heterocycles. The molecule has 5 heterocycles. The van der Waals surface area contributed by atoms with Crippen LogP contribution in [0, 0.1) is 21.4 Å². The Morgan fingerprint density at radius 1 is 0.333 bits per heavy atom. The lowest BCUT2D eigenvalue weighted by Gasteiger charge is -1.80. The zero-order valence-electron chi connectivity index (χ0n) is 12.9. The first kappa shape index (κ1) is 13.1. The molecular weight excluding hydrogens is 296 g/mol. The van der Waals surface area contributed by atoms with Gasteiger partial charge in [0.2, 0.25) is 0 Å². The smallest absolute Gasteiger partial charge is 0.0624 e. The molecule has 0 unspecified atom stereocenters. The Morgan fingerprint density at radius 2 is 0.583 bits per heavy atom. The van der Waals surface area contributed by atoms with E-state index in [-0.39, 0.29) is 0 Å². The number of hydrogen-bond acceptors (Lipinski definition) is 0. The van der Waals surface area contributed by atoms with Gasteiger partial charge >= 0.3 is 0 Å². The Balaban J connectivity index is 1.96. The van der Waals surface area contributed by atoms with E-state index in [0.717, 1.165) is 42.8 Å². The minimum atomic E-state index is 1.07. The van der Waals surface area contributed by atoms with E-state index in [2.05, 4.69) is 92.8 Å². The number of aromatic nitrogens is 4. The summed E-state index contributed by atoms with van der Waals surface area (Å²) in [6, 6.07) is 16.7. The van der Waals surface area contributed by atoms with Crippen molar-refractivity contribution in [2.75, 3.05) is 0 Å². The summed E-state index contributed by atoms with van der Waals surface area (Å²) in [5, 5.41) is 8.60. The molecule has 0 radical (unpaired) electrons. The number of fused-ring (bicyclic) bond motifs is 8. The summed E-state index contributed by atoms with van der Waals surface area (Å²) in [5.74, 6) is 0. The van der Waals surface area contributed by atoms with Crippen LogP contribution in [0.25, 0.3) is 24.3 Å². The van der Waals surface area contributed by atoms with Crippen molar-refractivity contribution >= 4 is 24.3 Å². The third-order valence-electron chi connectivity index (χ3n) is 4.30. The summed E-state index contributed by atoms with van der Waals surface area (Å²) in [6.45, 7) is 0. The van der Waals surface area contributed by atoms with Gasteiger partial charge in [0.1, 0.15) is 0 Å². The van der Waals surface area contributed by atoms with Crippen LogP contribution in [0.1, 0.15) is 0 Å². The van der Waals surface area contributed by atoms with Crippen LogP contribution in [0.4, 0.5) is 0 Å². The predicted octanol–water partition coefficient (Wildman–Crippen LogP) is 0.409. The van der Waals surface area contributed by atoms with Crippen LogP contribution in [0.2, 0.25) is 0 Å². The zero-order valence-corrected chi connectivity index (χ0v) is 12.9. The summed E-state index contributed by atoms with van der Waals surface area (Å²) in [5.41, 5.74) is 0. The van der Waals surface area contributed by atoms with Crippen LogP contribution in [-0.4, -0.2) is 19.9 Å². The molecule has 0 saturated carbocycles. The number of nitrogens with one attached hydrogen (secondary N) is 4. The SMILES string of the molecule is C1=c2ccc([nH]2)=c2ccc([nH]2)=CC=c2ccc([nH]2)=c2ccc([nH]2)=C1. The summed E-state index contributed by atoms with van der Waals surface area (Å²) in [4.78, 5) is 13.7. The van der Waals surface area contributed by atoms with E-state index >= 15 is 0 Å². The van der Waals surface area contributed by atoms with Crippen molar-refractivity contribution in [2.24, 2.45) is 0 Å². The topological polar surface area (TPSA) is 63.2 Å². The fourth-order valence-corrected chi connectivity index (χ4v) is 3.02. The van der Waals surface area contributed by atoms with Crippen LogP contribution in [0.15, 0.2) is 48.5 Å². The molecule has 4 heteroatoms. The van der Waals surface area contributed by atoms with Crippen molar-refractivity contribution in [2.45, 2.75) is 0 Å². The first-order valence-corrected chi connectivity index (χ1v) is 7.96. The van der Waals surface area contributed by atoms with Crippen LogP contribution >= 0.6 is 0 Å². The molecule has 24 heavy (non-hydrogen) atoms. The molecule has 4 nitrogen and oxygen atoms in total. The maximum atomic E-state index is 3.43. The van der Waals surface area contributed by atoms with Crippen LogP contribution in [-0.2, 0) is 0 Å². The van der Waals surface area contributed by atoms with Crippen LogP contribution in [0.3, 0.4) is 0 Å². The molecule has 0 atom stereocenters. The number of H-pyrrole nitrogens is 4. The lowest BCUT2D eigenvalue weighted by atomic mass is 10.4. The molecule has 5 rings (SSSR count).